The van der Waals surface area contributed by atoms with Gasteiger partial charge in [-0.2, -0.15) is 0 Å². The minimum absolute atomic E-state index is 0.00165. The summed E-state index contributed by atoms with van der Waals surface area (Å²) in [6.07, 6.45) is 1.38. The normalized spacial score (nSPS) is 10.7. The highest BCUT2D eigenvalue weighted by Gasteiger charge is 2.14. The van der Waals surface area contributed by atoms with E-state index in [1.165, 1.54) is 40.5 Å². The van der Waals surface area contributed by atoms with E-state index in [1.807, 2.05) is 12.1 Å². The number of methoxy groups -OCH3 is 2. The zero-order valence-electron chi connectivity index (χ0n) is 16.6. The minimum atomic E-state index is -0.561. The average Bonchev–Trinajstić information content (AvgIpc) is 3.47. The molecule has 0 aliphatic carbocycles. The standard InChI is InChI=1S/C20H17FN6O3S/c1-29-17-6-3-12(7-18(17)30-2)20-23-13(10-31-20)8-19(28)24-16-9-14(4-5-15(16)21)27-11-22-25-26-27/h3-7,9-11H,8H2,1-2H3,(H,24,28). The van der Waals surface area contributed by atoms with Crippen LogP contribution in [-0.2, 0) is 11.2 Å². The molecule has 11 heteroatoms. The van der Waals surface area contributed by atoms with Crippen LogP contribution in [0, 0.1) is 5.82 Å². The molecule has 0 unspecified atom stereocenters. The Bertz CT molecular complexity index is 1210. The number of rotatable bonds is 7. The third-order valence-corrected chi connectivity index (χ3v) is 5.30. The summed E-state index contributed by atoms with van der Waals surface area (Å²) in [5.74, 6) is 0.257. The molecule has 0 bridgehead atoms. The van der Waals surface area contributed by atoms with Gasteiger partial charge in [-0.25, -0.2) is 14.1 Å². The second-order valence-corrected chi connectivity index (χ2v) is 7.22. The van der Waals surface area contributed by atoms with Gasteiger partial charge < -0.3 is 14.8 Å². The number of amides is 1. The van der Waals surface area contributed by atoms with Gasteiger partial charge in [-0.05, 0) is 46.8 Å². The molecule has 0 saturated heterocycles. The highest BCUT2D eigenvalue weighted by Crippen LogP contribution is 2.33. The number of anilines is 1. The van der Waals surface area contributed by atoms with E-state index in [1.54, 1.807) is 25.7 Å². The maximum Gasteiger partial charge on any atom is 0.230 e. The minimum Gasteiger partial charge on any atom is -0.493 e. The summed E-state index contributed by atoms with van der Waals surface area (Å²) in [5, 5.41) is 15.9. The van der Waals surface area contributed by atoms with Gasteiger partial charge in [0, 0.05) is 10.9 Å². The highest BCUT2D eigenvalue weighted by molar-refractivity contribution is 7.13. The maximum absolute atomic E-state index is 14.2. The largest absolute Gasteiger partial charge is 0.493 e. The van der Waals surface area contributed by atoms with E-state index in [0.717, 1.165) is 10.6 Å². The first-order valence-corrected chi connectivity index (χ1v) is 9.95. The predicted octanol–water partition coefficient (Wildman–Crippen LogP) is 3.12. The number of aromatic nitrogens is 5. The molecule has 158 valence electrons. The summed E-state index contributed by atoms with van der Waals surface area (Å²) in [5.41, 5.74) is 1.97. The lowest BCUT2D eigenvalue weighted by Crippen LogP contribution is -2.16. The van der Waals surface area contributed by atoms with Crippen LogP contribution in [0.5, 0.6) is 11.5 Å². The molecular weight excluding hydrogens is 423 g/mol. The van der Waals surface area contributed by atoms with Crippen molar-refractivity contribution < 1.29 is 18.7 Å². The molecule has 4 rings (SSSR count). The van der Waals surface area contributed by atoms with Crippen LogP contribution in [0.3, 0.4) is 0 Å². The summed E-state index contributed by atoms with van der Waals surface area (Å²) in [4.78, 5) is 17.0. The fourth-order valence-electron chi connectivity index (χ4n) is 2.88. The third-order valence-electron chi connectivity index (χ3n) is 4.36. The van der Waals surface area contributed by atoms with Crippen molar-refractivity contribution in [2.75, 3.05) is 19.5 Å². The van der Waals surface area contributed by atoms with Crippen molar-refractivity contribution in [1.82, 2.24) is 25.2 Å². The molecule has 2 aromatic carbocycles. The molecule has 2 aromatic heterocycles. The van der Waals surface area contributed by atoms with Crippen molar-refractivity contribution in [1.29, 1.82) is 0 Å². The van der Waals surface area contributed by atoms with Gasteiger partial charge in [0.05, 0.1) is 37.7 Å². The van der Waals surface area contributed by atoms with Crippen LogP contribution < -0.4 is 14.8 Å². The van der Waals surface area contributed by atoms with E-state index in [9.17, 15) is 9.18 Å². The molecule has 0 fully saturated rings. The summed E-state index contributed by atoms with van der Waals surface area (Å²) >= 11 is 1.40. The average molecular weight is 440 g/mol. The van der Waals surface area contributed by atoms with E-state index >= 15 is 0 Å². The van der Waals surface area contributed by atoms with Crippen molar-refractivity contribution in [2.24, 2.45) is 0 Å². The van der Waals surface area contributed by atoms with Gasteiger partial charge in [0.15, 0.2) is 11.5 Å². The number of tetrazole rings is 1. The van der Waals surface area contributed by atoms with Crippen LogP contribution in [0.4, 0.5) is 10.1 Å². The molecule has 4 aromatic rings. The molecule has 0 aliphatic heterocycles. The Morgan fingerprint density at radius 1 is 1.16 bits per heavy atom. The molecule has 0 radical (unpaired) electrons. The highest BCUT2D eigenvalue weighted by atomic mass is 32.1. The Balaban J connectivity index is 1.47. The van der Waals surface area contributed by atoms with E-state index < -0.39 is 11.7 Å². The van der Waals surface area contributed by atoms with E-state index in [4.69, 9.17) is 9.47 Å². The number of carbonyl (C=O) groups excluding carboxylic acids is 1. The van der Waals surface area contributed by atoms with Gasteiger partial charge in [-0.3, -0.25) is 4.79 Å². The number of thiazole rings is 1. The Morgan fingerprint density at radius 3 is 2.74 bits per heavy atom. The Kier molecular flexibility index (Phi) is 5.85. The number of carbonyl (C=O) groups is 1. The fraction of sp³-hybridized carbons (Fsp3) is 0.150. The van der Waals surface area contributed by atoms with Gasteiger partial charge in [0.2, 0.25) is 5.91 Å². The Hall–Kier alpha value is -3.86. The van der Waals surface area contributed by atoms with Gasteiger partial charge in [-0.1, -0.05) is 0 Å². The fourth-order valence-corrected chi connectivity index (χ4v) is 3.70. The molecular formula is C20H17FN6O3S. The van der Waals surface area contributed by atoms with Crippen molar-refractivity contribution in [3.8, 4) is 27.8 Å². The van der Waals surface area contributed by atoms with Crippen LogP contribution in [0.1, 0.15) is 5.69 Å². The number of hydrogen-bond acceptors (Lipinski definition) is 8. The first kappa shape index (κ1) is 20.4. The van der Waals surface area contributed by atoms with Crippen molar-refractivity contribution in [2.45, 2.75) is 6.42 Å². The lowest BCUT2D eigenvalue weighted by atomic mass is 10.2. The number of nitrogens with zero attached hydrogens (tertiary/aromatic N) is 5. The third kappa shape index (κ3) is 4.51. The smallest absolute Gasteiger partial charge is 0.230 e. The Morgan fingerprint density at radius 2 is 2.00 bits per heavy atom. The molecule has 0 atom stereocenters. The monoisotopic (exact) mass is 440 g/mol. The maximum atomic E-state index is 14.2. The molecule has 0 spiro atoms. The van der Waals surface area contributed by atoms with Gasteiger partial charge in [0.1, 0.15) is 17.2 Å². The zero-order valence-corrected chi connectivity index (χ0v) is 17.4. The summed E-state index contributed by atoms with van der Waals surface area (Å²) < 4.78 is 26.1. The molecule has 9 nitrogen and oxygen atoms in total. The van der Waals surface area contributed by atoms with E-state index in [-0.39, 0.29) is 12.1 Å². The number of hydrogen-bond donors (Lipinski definition) is 1. The summed E-state index contributed by atoms with van der Waals surface area (Å²) in [6, 6.07) is 9.69. The number of ether oxygens (including phenoxy) is 2. The van der Waals surface area contributed by atoms with Crippen LogP contribution in [-0.4, -0.2) is 45.3 Å². The first-order valence-electron chi connectivity index (χ1n) is 9.07. The molecule has 0 saturated carbocycles. The SMILES string of the molecule is COc1ccc(-c2nc(CC(=O)Nc3cc(-n4cnnn4)ccc3F)cs2)cc1OC. The van der Waals surface area contributed by atoms with E-state index in [0.29, 0.717) is 22.9 Å². The van der Waals surface area contributed by atoms with Crippen LogP contribution in [0.15, 0.2) is 48.1 Å². The molecule has 2 heterocycles. The van der Waals surface area contributed by atoms with E-state index in [2.05, 4.69) is 25.8 Å². The number of halogens is 1. The number of nitrogens with one attached hydrogen (secondary N) is 1. The second kappa shape index (κ2) is 8.88. The quantitative estimate of drug-likeness (QED) is 0.471. The van der Waals surface area contributed by atoms with Crippen molar-refractivity contribution in [3.63, 3.8) is 0 Å². The zero-order chi connectivity index (χ0) is 21.8. The van der Waals surface area contributed by atoms with Crippen molar-refractivity contribution in [3.05, 3.63) is 59.6 Å². The van der Waals surface area contributed by atoms with Crippen molar-refractivity contribution >= 4 is 22.9 Å². The topological polar surface area (TPSA) is 104 Å². The molecule has 31 heavy (non-hydrogen) atoms. The number of benzene rings is 2. The second-order valence-electron chi connectivity index (χ2n) is 6.36. The first-order chi connectivity index (χ1) is 15.1. The summed E-state index contributed by atoms with van der Waals surface area (Å²) in [7, 11) is 3.13. The predicted molar refractivity (Wildman–Crippen MR) is 112 cm³/mol. The van der Waals surface area contributed by atoms with Crippen LogP contribution >= 0.6 is 11.3 Å². The molecule has 1 N–H and O–H groups in total. The van der Waals surface area contributed by atoms with Crippen LogP contribution in [0.2, 0.25) is 0 Å². The lowest BCUT2D eigenvalue weighted by Gasteiger charge is -2.08. The van der Waals surface area contributed by atoms with Gasteiger partial charge >= 0.3 is 0 Å². The molecule has 0 aliphatic rings. The van der Waals surface area contributed by atoms with Gasteiger partial charge in [0.25, 0.3) is 0 Å². The lowest BCUT2D eigenvalue weighted by molar-refractivity contribution is -0.115. The summed E-state index contributed by atoms with van der Waals surface area (Å²) in [6.45, 7) is 0. The van der Waals surface area contributed by atoms with Gasteiger partial charge in [-0.15, -0.1) is 16.4 Å². The Labute approximate surface area is 180 Å². The molecule has 1 amide bonds. The van der Waals surface area contributed by atoms with Crippen LogP contribution in [0.25, 0.3) is 16.3 Å².